The molecule has 2 rings (SSSR count). The second-order valence-electron chi connectivity index (χ2n) is 4.68. The Labute approximate surface area is 117 Å². The van der Waals surface area contributed by atoms with Gasteiger partial charge in [0.2, 0.25) is 11.8 Å². The average molecular weight is 277 g/mol. The zero-order valence-electron chi connectivity index (χ0n) is 11.5. The lowest BCUT2D eigenvalue weighted by Gasteiger charge is -2.17. The van der Waals surface area contributed by atoms with Gasteiger partial charge in [-0.25, -0.2) is 0 Å². The molecule has 0 spiro atoms. The van der Waals surface area contributed by atoms with Crippen LogP contribution in [-0.4, -0.2) is 38.6 Å². The molecule has 0 saturated carbocycles. The van der Waals surface area contributed by atoms with Crippen LogP contribution in [-0.2, 0) is 9.59 Å². The molecule has 1 saturated heterocycles. The summed E-state index contributed by atoms with van der Waals surface area (Å²) < 4.78 is 5.08. The first kappa shape index (κ1) is 14.3. The summed E-state index contributed by atoms with van der Waals surface area (Å²) in [5.41, 5.74) is 6.13. The maximum absolute atomic E-state index is 12.0. The molecule has 108 valence electrons. The maximum Gasteiger partial charge on any atom is 0.227 e. The first-order chi connectivity index (χ1) is 9.65. The number of benzene rings is 1. The van der Waals surface area contributed by atoms with Gasteiger partial charge < -0.3 is 20.7 Å². The molecule has 20 heavy (non-hydrogen) atoms. The molecular weight excluding hydrogens is 258 g/mol. The number of methoxy groups -OCH3 is 1. The zero-order valence-corrected chi connectivity index (χ0v) is 11.5. The molecule has 0 bridgehead atoms. The number of nitrogens with zero attached hydrogens (tertiary/aromatic N) is 1. The van der Waals surface area contributed by atoms with E-state index in [0.29, 0.717) is 19.6 Å². The minimum Gasteiger partial charge on any atom is -0.497 e. The van der Waals surface area contributed by atoms with E-state index in [4.69, 9.17) is 10.5 Å². The van der Waals surface area contributed by atoms with Crippen molar-refractivity contribution in [3.8, 4) is 5.75 Å². The van der Waals surface area contributed by atoms with Crippen molar-refractivity contribution in [3.63, 3.8) is 0 Å². The van der Waals surface area contributed by atoms with Gasteiger partial charge in [0.05, 0.1) is 13.0 Å². The molecule has 0 aromatic heterocycles. The summed E-state index contributed by atoms with van der Waals surface area (Å²) in [5, 5.41) is 2.72. The van der Waals surface area contributed by atoms with E-state index < -0.39 is 0 Å². The molecule has 2 amide bonds. The molecule has 1 aliphatic rings. The van der Waals surface area contributed by atoms with Crippen molar-refractivity contribution < 1.29 is 14.3 Å². The van der Waals surface area contributed by atoms with Crippen LogP contribution in [0, 0.1) is 5.92 Å². The van der Waals surface area contributed by atoms with E-state index in [1.165, 1.54) is 0 Å². The molecule has 6 nitrogen and oxygen atoms in total. The molecule has 1 aromatic rings. The Bertz CT molecular complexity index is 487. The highest BCUT2D eigenvalue weighted by Gasteiger charge is 2.34. The molecule has 1 fully saturated rings. The third-order valence-corrected chi connectivity index (χ3v) is 3.32. The molecule has 3 N–H and O–H groups in total. The lowest BCUT2D eigenvalue weighted by molar-refractivity contribution is -0.126. The van der Waals surface area contributed by atoms with Crippen LogP contribution in [0.3, 0.4) is 0 Å². The minimum atomic E-state index is -0.309. The number of amides is 2. The third-order valence-electron chi connectivity index (χ3n) is 3.32. The molecule has 1 heterocycles. The Hall–Kier alpha value is -2.08. The van der Waals surface area contributed by atoms with Crippen molar-refractivity contribution in [1.29, 1.82) is 0 Å². The quantitative estimate of drug-likeness (QED) is 0.801. The third kappa shape index (κ3) is 3.08. The van der Waals surface area contributed by atoms with E-state index in [2.05, 4.69) is 5.32 Å². The number of nitrogens with one attached hydrogen (secondary N) is 1. The van der Waals surface area contributed by atoms with E-state index >= 15 is 0 Å². The number of rotatable bonds is 5. The van der Waals surface area contributed by atoms with Gasteiger partial charge in [-0.3, -0.25) is 9.59 Å². The standard InChI is InChI=1S/C14H19N3O3/c1-20-12-4-2-11(3-5-12)17-9-10(8-13(17)18)14(19)16-7-6-15/h2-5,10H,6-9,15H2,1H3,(H,16,19)/t10-/m1/s1. The molecule has 0 aliphatic carbocycles. The van der Waals surface area contributed by atoms with Crippen LogP contribution in [0.15, 0.2) is 24.3 Å². The summed E-state index contributed by atoms with van der Waals surface area (Å²) in [5.74, 6) is 0.275. The highest BCUT2D eigenvalue weighted by Crippen LogP contribution is 2.26. The average Bonchev–Trinajstić information content (AvgIpc) is 2.87. The lowest BCUT2D eigenvalue weighted by atomic mass is 10.1. The number of carbonyl (C=O) groups is 2. The summed E-state index contributed by atoms with van der Waals surface area (Å²) in [7, 11) is 1.59. The molecule has 1 atom stereocenters. The van der Waals surface area contributed by atoms with Crippen LogP contribution in [0.2, 0.25) is 0 Å². The summed E-state index contributed by atoms with van der Waals surface area (Å²) in [6.07, 6.45) is 0.239. The number of anilines is 1. The summed E-state index contributed by atoms with van der Waals surface area (Å²) in [6, 6.07) is 7.22. The van der Waals surface area contributed by atoms with Crippen molar-refractivity contribution >= 4 is 17.5 Å². The van der Waals surface area contributed by atoms with Gasteiger partial charge >= 0.3 is 0 Å². The maximum atomic E-state index is 12.0. The fraction of sp³-hybridized carbons (Fsp3) is 0.429. The highest BCUT2D eigenvalue weighted by molar-refractivity contribution is 6.00. The van der Waals surface area contributed by atoms with Crippen LogP contribution in [0.4, 0.5) is 5.69 Å². The molecule has 1 aliphatic heterocycles. The predicted octanol–water partition coefficient (Wildman–Crippen LogP) is 0.123. The van der Waals surface area contributed by atoms with Crippen molar-refractivity contribution in [2.24, 2.45) is 11.7 Å². The van der Waals surface area contributed by atoms with Crippen LogP contribution in [0.5, 0.6) is 5.75 Å². The van der Waals surface area contributed by atoms with Crippen molar-refractivity contribution in [1.82, 2.24) is 5.32 Å². The van der Waals surface area contributed by atoms with E-state index in [1.54, 1.807) is 24.1 Å². The fourth-order valence-corrected chi connectivity index (χ4v) is 2.23. The van der Waals surface area contributed by atoms with Gasteiger partial charge in [0.15, 0.2) is 0 Å². The normalized spacial score (nSPS) is 18.2. The largest absolute Gasteiger partial charge is 0.497 e. The number of nitrogens with two attached hydrogens (primary N) is 1. The number of hydrogen-bond donors (Lipinski definition) is 2. The Morgan fingerprint density at radius 3 is 2.75 bits per heavy atom. The smallest absolute Gasteiger partial charge is 0.227 e. The monoisotopic (exact) mass is 277 g/mol. The number of hydrogen-bond acceptors (Lipinski definition) is 4. The van der Waals surface area contributed by atoms with Gasteiger partial charge in [-0.2, -0.15) is 0 Å². The van der Waals surface area contributed by atoms with Crippen LogP contribution in [0.25, 0.3) is 0 Å². The van der Waals surface area contributed by atoms with Crippen LogP contribution >= 0.6 is 0 Å². The Morgan fingerprint density at radius 1 is 1.45 bits per heavy atom. The van der Waals surface area contributed by atoms with Gasteiger partial charge in [-0.05, 0) is 24.3 Å². The molecular formula is C14H19N3O3. The molecule has 6 heteroatoms. The second kappa shape index (κ2) is 6.38. The first-order valence-corrected chi connectivity index (χ1v) is 6.58. The highest BCUT2D eigenvalue weighted by atomic mass is 16.5. The van der Waals surface area contributed by atoms with Gasteiger partial charge in [-0.1, -0.05) is 0 Å². The van der Waals surface area contributed by atoms with Gasteiger partial charge in [0, 0.05) is 31.7 Å². The lowest BCUT2D eigenvalue weighted by Crippen LogP contribution is -2.35. The number of ether oxygens (including phenoxy) is 1. The van der Waals surface area contributed by atoms with E-state index in [0.717, 1.165) is 11.4 Å². The molecule has 0 unspecified atom stereocenters. The number of carbonyl (C=O) groups excluding carboxylic acids is 2. The van der Waals surface area contributed by atoms with Gasteiger partial charge in [-0.15, -0.1) is 0 Å². The SMILES string of the molecule is COc1ccc(N2C[C@H](C(=O)NCCN)CC2=O)cc1. The Balaban J connectivity index is 2.03. The predicted molar refractivity (Wildman–Crippen MR) is 75.5 cm³/mol. The summed E-state index contributed by atoms with van der Waals surface area (Å²) >= 11 is 0. The Morgan fingerprint density at radius 2 is 2.15 bits per heavy atom. The van der Waals surface area contributed by atoms with Gasteiger partial charge in [0.25, 0.3) is 0 Å². The van der Waals surface area contributed by atoms with E-state index in [1.807, 2.05) is 12.1 Å². The van der Waals surface area contributed by atoms with Crippen LogP contribution in [0.1, 0.15) is 6.42 Å². The van der Waals surface area contributed by atoms with Crippen molar-refractivity contribution in [2.75, 3.05) is 31.6 Å². The molecule has 1 aromatic carbocycles. The van der Waals surface area contributed by atoms with Gasteiger partial charge in [0.1, 0.15) is 5.75 Å². The molecule has 0 radical (unpaired) electrons. The summed E-state index contributed by atoms with van der Waals surface area (Å²) in [4.78, 5) is 25.5. The van der Waals surface area contributed by atoms with E-state index in [9.17, 15) is 9.59 Å². The van der Waals surface area contributed by atoms with Crippen LogP contribution < -0.4 is 20.7 Å². The summed E-state index contributed by atoms with van der Waals surface area (Å²) in [6.45, 7) is 1.24. The topological polar surface area (TPSA) is 84.7 Å². The fourth-order valence-electron chi connectivity index (χ4n) is 2.23. The van der Waals surface area contributed by atoms with E-state index in [-0.39, 0.29) is 24.2 Å². The zero-order chi connectivity index (χ0) is 14.5. The van der Waals surface area contributed by atoms with Crippen molar-refractivity contribution in [3.05, 3.63) is 24.3 Å². The van der Waals surface area contributed by atoms with Crippen molar-refractivity contribution in [2.45, 2.75) is 6.42 Å². The Kier molecular flexibility index (Phi) is 4.57. The second-order valence-corrected chi connectivity index (χ2v) is 4.68. The first-order valence-electron chi connectivity index (χ1n) is 6.58. The minimum absolute atomic E-state index is 0.0388.